The van der Waals surface area contributed by atoms with Crippen LogP contribution in [0.15, 0.2) is 0 Å². The van der Waals surface area contributed by atoms with E-state index in [1.807, 2.05) is 0 Å². The molecule has 0 amide bonds. The molecule has 0 aromatic carbocycles. The highest BCUT2D eigenvalue weighted by Gasteiger charge is 2.35. The lowest BCUT2D eigenvalue weighted by atomic mass is 9.68. The topological polar surface area (TPSA) is 12.0 Å². The Morgan fingerprint density at radius 1 is 1.06 bits per heavy atom. The van der Waals surface area contributed by atoms with Gasteiger partial charge in [0.15, 0.2) is 0 Å². The van der Waals surface area contributed by atoms with E-state index in [1.54, 1.807) is 0 Å². The number of hydrogen-bond donors (Lipinski definition) is 1. The standard InChI is InChI=1S/C16H31N/c1-3-14(4-2)12-16(10-6-5-7-11-16)13-17-15-8-9-15/h14-15,17H,3-13H2,1-2H3. The Labute approximate surface area is 108 Å². The zero-order chi connectivity index (χ0) is 12.1. The second-order valence-corrected chi connectivity index (χ2v) is 6.60. The number of nitrogens with one attached hydrogen (secondary N) is 1. The van der Waals surface area contributed by atoms with Gasteiger partial charge >= 0.3 is 0 Å². The summed E-state index contributed by atoms with van der Waals surface area (Å²) in [6.07, 6.45) is 14.5. The molecule has 0 aliphatic heterocycles. The van der Waals surface area contributed by atoms with Gasteiger partial charge in [-0.2, -0.15) is 0 Å². The van der Waals surface area contributed by atoms with Gasteiger partial charge in [0.2, 0.25) is 0 Å². The van der Waals surface area contributed by atoms with E-state index in [9.17, 15) is 0 Å². The van der Waals surface area contributed by atoms with Crippen molar-refractivity contribution >= 4 is 0 Å². The minimum atomic E-state index is 0.664. The first-order valence-corrected chi connectivity index (χ1v) is 8.01. The molecule has 0 radical (unpaired) electrons. The molecular weight excluding hydrogens is 206 g/mol. The molecule has 1 nitrogen and oxygen atoms in total. The molecule has 17 heavy (non-hydrogen) atoms. The van der Waals surface area contributed by atoms with E-state index in [2.05, 4.69) is 19.2 Å². The largest absolute Gasteiger partial charge is 0.313 e. The van der Waals surface area contributed by atoms with Crippen molar-refractivity contribution in [3.63, 3.8) is 0 Å². The molecule has 0 heterocycles. The van der Waals surface area contributed by atoms with Crippen molar-refractivity contribution in [2.24, 2.45) is 11.3 Å². The van der Waals surface area contributed by atoms with Crippen LogP contribution in [0.3, 0.4) is 0 Å². The van der Waals surface area contributed by atoms with Crippen molar-refractivity contribution in [1.29, 1.82) is 0 Å². The Kier molecular flexibility index (Phi) is 4.90. The average Bonchev–Trinajstić information content (AvgIpc) is 3.19. The molecule has 0 bridgehead atoms. The van der Waals surface area contributed by atoms with E-state index < -0.39 is 0 Å². The third-order valence-corrected chi connectivity index (χ3v) is 5.13. The van der Waals surface area contributed by atoms with Crippen LogP contribution in [0.2, 0.25) is 0 Å². The van der Waals surface area contributed by atoms with Crippen molar-refractivity contribution in [3.8, 4) is 0 Å². The molecule has 1 N–H and O–H groups in total. The van der Waals surface area contributed by atoms with Crippen LogP contribution in [0.5, 0.6) is 0 Å². The summed E-state index contributed by atoms with van der Waals surface area (Å²) in [5, 5.41) is 3.82. The predicted molar refractivity (Wildman–Crippen MR) is 75.2 cm³/mol. The van der Waals surface area contributed by atoms with E-state index in [0.29, 0.717) is 5.41 Å². The van der Waals surface area contributed by atoms with E-state index in [-0.39, 0.29) is 0 Å². The van der Waals surface area contributed by atoms with Gasteiger partial charge in [-0.05, 0) is 43.4 Å². The summed E-state index contributed by atoms with van der Waals surface area (Å²) in [6.45, 7) is 6.06. The molecule has 0 atom stereocenters. The summed E-state index contributed by atoms with van der Waals surface area (Å²) < 4.78 is 0. The first-order valence-electron chi connectivity index (χ1n) is 8.01. The predicted octanol–water partition coefficient (Wildman–Crippen LogP) is 4.52. The molecule has 100 valence electrons. The van der Waals surface area contributed by atoms with Gasteiger partial charge in [0.25, 0.3) is 0 Å². The molecular formula is C16H31N. The van der Waals surface area contributed by atoms with Crippen LogP contribution >= 0.6 is 0 Å². The van der Waals surface area contributed by atoms with Gasteiger partial charge in [0.05, 0.1) is 0 Å². The van der Waals surface area contributed by atoms with Gasteiger partial charge in [0, 0.05) is 12.6 Å². The highest BCUT2D eigenvalue weighted by Crippen LogP contribution is 2.42. The van der Waals surface area contributed by atoms with E-state index >= 15 is 0 Å². The maximum absolute atomic E-state index is 3.82. The first-order chi connectivity index (χ1) is 8.28. The van der Waals surface area contributed by atoms with Crippen molar-refractivity contribution in [1.82, 2.24) is 5.32 Å². The molecule has 0 unspecified atom stereocenters. The van der Waals surface area contributed by atoms with Crippen molar-refractivity contribution in [2.75, 3.05) is 6.54 Å². The minimum Gasteiger partial charge on any atom is -0.313 e. The Bertz CT molecular complexity index is 210. The summed E-state index contributed by atoms with van der Waals surface area (Å²) in [5.41, 5.74) is 0.664. The van der Waals surface area contributed by atoms with Crippen molar-refractivity contribution in [3.05, 3.63) is 0 Å². The summed E-state index contributed by atoms with van der Waals surface area (Å²) >= 11 is 0. The molecule has 0 aromatic rings. The summed E-state index contributed by atoms with van der Waals surface area (Å²) in [4.78, 5) is 0. The zero-order valence-corrected chi connectivity index (χ0v) is 11.9. The third-order valence-electron chi connectivity index (χ3n) is 5.13. The minimum absolute atomic E-state index is 0.664. The van der Waals surface area contributed by atoms with Crippen LogP contribution < -0.4 is 5.32 Å². The van der Waals surface area contributed by atoms with E-state index in [0.717, 1.165) is 12.0 Å². The maximum Gasteiger partial charge on any atom is 0.00684 e. The van der Waals surface area contributed by atoms with Crippen molar-refractivity contribution in [2.45, 2.75) is 84.1 Å². The lowest BCUT2D eigenvalue weighted by Gasteiger charge is -2.40. The third kappa shape index (κ3) is 3.98. The Morgan fingerprint density at radius 2 is 1.71 bits per heavy atom. The van der Waals surface area contributed by atoms with Gasteiger partial charge < -0.3 is 5.32 Å². The van der Waals surface area contributed by atoms with Crippen LogP contribution in [0.4, 0.5) is 0 Å². The Morgan fingerprint density at radius 3 is 2.24 bits per heavy atom. The Balaban J connectivity index is 1.89. The van der Waals surface area contributed by atoms with E-state index in [4.69, 9.17) is 0 Å². The fourth-order valence-electron chi connectivity index (χ4n) is 3.59. The maximum atomic E-state index is 3.82. The van der Waals surface area contributed by atoms with Crippen LogP contribution in [0.25, 0.3) is 0 Å². The van der Waals surface area contributed by atoms with Gasteiger partial charge in [-0.25, -0.2) is 0 Å². The number of hydrogen-bond acceptors (Lipinski definition) is 1. The van der Waals surface area contributed by atoms with Gasteiger partial charge in [-0.3, -0.25) is 0 Å². The number of rotatable bonds is 7. The van der Waals surface area contributed by atoms with Crippen LogP contribution in [-0.4, -0.2) is 12.6 Å². The normalized spacial score (nSPS) is 24.2. The van der Waals surface area contributed by atoms with Gasteiger partial charge in [0.1, 0.15) is 0 Å². The Hall–Kier alpha value is -0.0400. The zero-order valence-electron chi connectivity index (χ0n) is 11.9. The highest BCUT2D eigenvalue weighted by molar-refractivity contribution is 4.90. The lowest BCUT2D eigenvalue weighted by molar-refractivity contribution is 0.133. The van der Waals surface area contributed by atoms with Crippen molar-refractivity contribution < 1.29 is 0 Å². The molecule has 2 aliphatic rings. The first kappa shape index (κ1) is 13.4. The molecule has 1 heteroatoms. The molecule has 2 aliphatic carbocycles. The highest BCUT2D eigenvalue weighted by atomic mass is 15.0. The molecule has 2 fully saturated rings. The molecule has 0 aromatic heterocycles. The van der Waals surface area contributed by atoms with E-state index in [1.165, 1.54) is 70.8 Å². The summed E-state index contributed by atoms with van der Waals surface area (Å²) in [5.74, 6) is 0.967. The van der Waals surface area contributed by atoms with Crippen LogP contribution in [0.1, 0.15) is 78.1 Å². The lowest BCUT2D eigenvalue weighted by Crippen LogP contribution is -2.38. The fraction of sp³-hybridized carbons (Fsp3) is 1.00. The quantitative estimate of drug-likeness (QED) is 0.686. The average molecular weight is 237 g/mol. The van der Waals surface area contributed by atoms with Gasteiger partial charge in [-0.1, -0.05) is 46.0 Å². The van der Waals surface area contributed by atoms with Gasteiger partial charge in [-0.15, -0.1) is 0 Å². The SMILES string of the molecule is CCC(CC)CC1(CNC2CC2)CCCCC1. The smallest absolute Gasteiger partial charge is 0.00684 e. The molecule has 2 rings (SSSR count). The fourth-order valence-corrected chi connectivity index (χ4v) is 3.59. The molecule has 0 saturated heterocycles. The van der Waals surface area contributed by atoms with Crippen LogP contribution in [0, 0.1) is 11.3 Å². The molecule has 2 saturated carbocycles. The monoisotopic (exact) mass is 237 g/mol. The molecule has 0 spiro atoms. The second kappa shape index (κ2) is 6.22. The van der Waals surface area contributed by atoms with Crippen LogP contribution in [-0.2, 0) is 0 Å². The second-order valence-electron chi connectivity index (χ2n) is 6.60. The summed E-state index contributed by atoms with van der Waals surface area (Å²) in [7, 11) is 0. The summed E-state index contributed by atoms with van der Waals surface area (Å²) in [6, 6.07) is 0.885.